The third-order valence-corrected chi connectivity index (χ3v) is 0.793. The lowest BCUT2D eigenvalue weighted by Crippen LogP contribution is -2.01. The number of ether oxygens (including phenoxy) is 1. The van der Waals surface area contributed by atoms with Crippen molar-refractivity contribution in [2.75, 3.05) is 7.11 Å². The van der Waals surface area contributed by atoms with E-state index in [4.69, 9.17) is 0 Å². The van der Waals surface area contributed by atoms with Crippen LogP contribution in [0.4, 0.5) is 0 Å². The zero-order valence-electron chi connectivity index (χ0n) is 6.62. The highest BCUT2D eigenvalue weighted by molar-refractivity contribution is 4.94. The molecule has 0 radical (unpaired) electrons. The van der Waals surface area contributed by atoms with Crippen LogP contribution in [0.25, 0.3) is 0 Å². The maximum Gasteiger partial charge on any atom is 0.109 e. The summed E-state index contributed by atoms with van der Waals surface area (Å²) in [6.45, 7) is 6.45. The largest absolute Gasteiger partial charge is 0.450 e. The molecule has 0 fully saturated rings. The first kappa shape index (κ1) is 8.36. The Morgan fingerprint density at radius 2 is 1.89 bits per heavy atom. The Bertz CT molecular complexity index is 120. The molecule has 0 spiro atoms. The van der Waals surface area contributed by atoms with Gasteiger partial charge >= 0.3 is 0 Å². The van der Waals surface area contributed by atoms with Crippen molar-refractivity contribution in [3.63, 3.8) is 0 Å². The summed E-state index contributed by atoms with van der Waals surface area (Å²) >= 11 is 0. The lowest BCUT2D eigenvalue weighted by Gasteiger charge is -2.12. The Hall–Kier alpha value is -0.640. The molecule has 0 saturated carbocycles. The Morgan fingerprint density at radius 1 is 1.33 bits per heavy atom. The van der Waals surface area contributed by atoms with Gasteiger partial charge in [-0.3, -0.25) is 0 Å². The SMILES string of the molecule is COC#CCC(C)(C)C. The predicted molar refractivity (Wildman–Crippen MR) is 38.9 cm³/mol. The molecule has 0 saturated heterocycles. The van der Waals surface area contributed by atoms with Gasteiger partial charge in [0.1, 0.15) is 6.11 Å². The molecule has 0 rings (SSSR count). The molecular weight excluding hydrogens is 112 g/mol. The van der Waals surface area contributed by atoms with Gasteiger partial charge in [0.2, 0.25) is 0 Å². The van der Waals surface area contributed by atoms with Crippen molar-refractivity contribution >= 4 is 0 Å². The van der Waals surface area contributed by atoms with Crippen molar-refractivity contribution in [2.45, 2.75) is 27.2 Å². The highest BCUT2D eigenvalue weighted by Crippen LogP contribution is 2.16. The molecule has 0 aliphatic rings. The van der Waals surface area contributed by atoms with Gasteiger partial charge in [-0.15, -0.1) is 0 Å². The maximum absolute atomic E-state index is 4.58. The van der Waals surface area contributed by atoms with Crippen LogP contribution in [0, 0.1) is 17.4 Å². The van der Waals surface area contributed by atoms with Crippen LogP contribution in [0.15, 0.2) is 0 Å². The van der Waals surface area contributed by atoms with Gasteiger partial charge in [0.15, 0.2) is 0 Å². The summed E-state index contributed by atoms with van der Waals surface area (Å²) in [5, 5.41) is 0. The Balaban J connectivity index is 3.50. The third kappa shape index (κ3) is 7.36. The lowest BCUT2D eigenvalue weighted by molar-refractivity contribution is 0.367. The number of hydrogen-bond donors (Lipinski definition) is 0. The summed E-state index contributed by atoms with van der Waals surface area (Å²) in [6, 6.07) is 0. The monoisotopic (exact) mass is 126 g/mol. The summed E-state index contributed by atoms with van der Waals surface area (Å²) in [7, 11) is 1.58. The molecule has 0 unspecified atom stereocenters. The van der Waals surface area contributed by atoms with Crippen LogP contribution < -0.4 is 0 Å². The topological polar surface area (TPSA) is 9.23 Å². The first-order valence-electron chi connectivity index (χ1n) is 3.07. The standard InChI is InChI=1S/C8H14O/c1-8(2,3)6-5-7-9-4/h6H2,1-4H3. The van der Waals surface area contributed by atoms with Gasteiger partial charge in [0.05, 0.1) is 7.11 Å². The molecule has 0 bridgehead atoms. The van der Waals surface area contributed by atoms with E-state index in [9.17, 15) is 0 Å². The zero-order chi connectivity index (χ0) is 7.33. The molecule has 0 aliphatic carbocycles. The van der Waals surface area contributed by atoms with E-state index in [1.807, 2.05) is 0 Å². The average Bonchev–Trinajstić information content (AvgIpc) is 1.63. The molecular formula is C8H14O. The molecule has 52 valence electrons. The van der Waals surface area contributed by atoms with E-state index in [1.165, 1.54) is 0 Å². The normalized spacial score (nSPS) is 9.78. The summed E-state index contributed by atoms with van der Waals surface area (Å²) in [6.07, 6.45) is 3.44. The van der Waals surface area contributed by atoms with E-state index < -0.39 is 0 Å². The second-order valence-electron chi connectivity index (χ2n) is 3.22. The van der Waals surface area contributed by atoms with E-state index >= 15 is 0 Å². The van der Waals surface area contributed by atoms with Crippen LogP contribution in [-0.2, 0) is 4.74 Å². The Labute approximate surface area is 57.4 Å². The van der Waals surface area contributed by atoms with E-state index in [-0.39, 0.29) is 0 Å². The van der Waals surface area contributed by atoms with Gasteiger partial charge in [-0.1, -0.05) is 26.7 Å². The third-order valence-electron chi connectivity index (χ3n) is 0.793. The minimum Gasteiger partial charge on any atom is -0.450 e. The molecule has 0 N–H and O–H groups in total. The molecule has 0 aliphatic heterocycles. The first-order chi connectivity index (χ1) is 4.06. The van der Waals surface area contributed by atoms with Gasteiger partial charge < -0.3 is 4.74 Å². The molecule has 0 atom stereocenters. The van der Waals surface area contributed by atoms with Gasteiger partial charge in [-0.2, -0.15) is 0 Å². The Kier molecular flexibility index (Phi) is 3.16. The first-order valence-corrected chi connectivity index (χ1v) is 3.07. The van der Waals surface area contributed by atoms with Crippen molar-refractivity contribution in [3.8, 4) is 12.0 Å². The van der Waals surface area contributed by atoms with Gasteiger partial charge in [0, 0.05) is 6.42 Å². The van der Waals surface area contributed by atoms with Crippen LogP contribution in [0.5, 0.6) is 0 Å². The van der Waals surface area contributed by atoms with Crippen LogP contribution in [0.2, 0.25) is 0 Å². The average molecular weight is 126 g/mol. The molecule has 0 heterocycles. The van der Waals surface area contributed by atoms with E-state index in [1.54, 1.807) is 7.11 Å². The number of rotatable bonds is 0. The van der Waals surface area contributed by atoms with Gasteiger partial charge in [0.25, 0.3) is 0 Å². The van der Waals surface area contributed by atoms with Crippen LogP contribution in [0.3, 0.4) is 0 Å². The number of hydrogen-bond acceptors (Lipinski definition) is 1. The second kappa shape index (κ2) is 3.40. The summed E-state index contributed by atoms with van der Waals surface area (Å²) in [5.41, 5.74) is 0.297. The van der Waals surface area contributed by atoms with Gasteiger partial charge in [-0.25, -0.2) is 0 Å². The molecule has 0 amide bonds. The molecule has 0 aromatic rings. The predicted octanol–water partition coefficient (Wildman–Crippen LogP) is 2.03. The lowest BCUT2D eigenvalue weighted by atomic mass is 9.93. The fourth-order valence-electron chi connectivity index (χ4n) is 0.373. The van der Waals surface area contributed by atoms with Crippen molar-refractivity contribution in [1.29, 1.82) is 0 Å². The van der Waals surface area contributed by atoms with E-state index in [2.05, 4.69) is 37.5 Å². The summed E-state index contributed by atoms with van der Waals surface area (Å²) < 4.78 is 4.58. The fraction of sp³-hybridized carbons (Fsp3) is 0.750. The van der Waals surface area contributed by atoms with Crippen LogP contribution in [-0.4, -0.2) is 7.11 Å². The molecule has 1 heteroatoms. The van der Waals surface area contributed by atoms with Crippen molar-refractivity contribution in [1.82, 2.24) is 0 Å². The Morgan fingerprint density at radius 3 is 2.22 bits per heavy atom. The summed E-state index contributed by atoms with van der Waals surface area (Å²) in [4.78, 5) is 0. The second-order valence-corrected chi connectivity index (χ2v) is 3.22. The number of methoxy groups -OCH3 is 1. The molecule has 0 aromatic carbocycles. The minimum absolute atomic E-state index is 0.297. The molecule has 9 heavy (non-hydrogen) atoms. The van der Waals surface area contributed by atoms with Crippen molar-refractivity contribution < 1.29 is 4.74 Å². The van der Waals surface area contributed by atoms with E-state index in [0.717, 1.165) is 6.42 Å². The summed E-state index contributed by atoms with van der Waals surface area (Å²) in [5.74, 6) is 2.90. The zero-order valence-corrected chi connectivity index (χ0v) is 6.62. The van der Waals surface area contributed by atoms with Crippen LogP contribution in [0.1, 0.15) is 27.2 Å². The van der Waals surface area contributed by atoms with Crippen molar-refractivity contribution in [3.05, 3.63) is 0 Å². The van der Waals surface area contributed by atoms with E-state index in [0.29, 0.717) is 5.41 Å². The highest BCUT2D eigenvalue weighted by Gasteiger charge is 2.06. The quantitative estimate of drug-likeness (QED) is 0.451. The smallest absolute Gasteiger partial charge is 0.109 e. The minimum atomic E-state index is 0.297. The highest BCUT2D eigenvalue weighted by atomic mass is 16.5. The van der Waals surface area contributed by atoms with Gasteiger partial charge in [-0.05, 0) is 5.41 Å². The van der Waals surface area contributed by atoms with Crippen LogP contribution >= 0.6 is 0 Å². The molecule has 1 nitrogen and oxygen atoms in total. The fourth-order valence-corrected chi connectivity index (χ4v) is 0.373. The maximum atomic E-state index is 4.58. The van der Waals surface area contributed by atoms with Crippen molar-refractivity contribution in [2.24, 2.45) is 5.41 Å². The molecule has 0 aromatic heterocycles.